The molecule has 2 heteroatoms. The number of rotatable bonds is 6. The Hall–Kier alpha value is -1.02. The number of aryl methyl sites for hydroxylation is 1. The van der Waals surface area contributed by atoms with E-state index in [2.05, 4.69) is 31.7 Å². The predicted molar refractivity (Wildman–Crippen MR) is 85.1 cm³/mol. The molecule has 0 fully saturated rings. The summed E-state index contributed by atoms with van der Waals surface area (Å²) >= 11 is 0. The molecule has 1 aromatic carbocycles. The van der Waals surface area contributed by atoms with Gasteiger partial charge in [0.05, 0.1) is 0 Å². The van der Waals surface area contributed by atoms with Crippen LogP contribution >= 0.6 is 0 Å². The minimum Gasteiger partial charge on any atom is -0.508 e. The summed E-state index contributed by atoms with van der Waals surface area (Å²) in [6.45, 7) is 9.19. The van der Waals surface area contributed by atoms with Gasteiger partial charge in [-0.2, -0.15) is 0 Å². The molecule has 0 aromatic heterocycles. The van der Waals surface area contributed by atoms with Gasteiger partial charge < -0.3 is 5.11 Å². The van der Waals surface area contributed by atoms with Gasteiger partial charge in [0.2, 0.25) is 0 Å². The summed E-state index contributed by atoms with van der Waals surface area (Å²) in [6.07, 6.45) is 6.14. The van der Waals surface area contributed by atoms with Crippen LogP contribution in [0.25, 0.3) is 0 Å². The number of benzene rings is 1. The summed E-state index contributed by atoms with van der Waals surface area (Å²) in [7, 11) is 0. The maximum Gasteiger partial charge on any atom is 0.115 e. The fourth-order valence-corrected chi connectivity index (χ4v) is 3.51. The lowest BCUT2D eigenvalue weighted by Gasteiger charge is -2.37. The van der Waals surface area contributed by atoms with Crippen molar-refractivity contribution in [2.24, 2.45) is 5.92 Å². The number of nitrogens with zero attached hydrogens (tertiary/aromatic N) is 1. The molecule has 0 saturated carbocycles. The van der Waals surface area contributed by atoms with Gasteiger partial charge in [0.15, 0.2) is 0 Å². The number of hydrogen-bond acceptors (Lipinski definition) is 2. The second kappa shape index (κ2) is 7.12. The van der Waals surface area contributed by atoms with Gasteiger partial charge in [-0.1, -0.05) is 39.7 Å². The van der Waals surface area contributed by atoms with Crippen molar-refractivity contribution < 1.29 is 5.11 Å². The lowest BCUT2D eigenvalue weighted by Crippen LogP contribution is -2.35. The third-order valence-electron chi connectivity index (χ3n) is 4.90. The summed E-state index contributed by atoms with van der Waals surface area (Å²) in [6, 6.07) is 6.50. The fraction of sp³-hybridized carbons (Fsp3) is 0.667. The molecule has 0 spiro atoms. The average molecular weight is 275 g/mol. The van der Waals surface area contributed by atoms with Gasteiger partial charge in [-0.15, -0.1) is 0 Å². The van der Waals surface area contributed by atoms with Gasteiger partial charge >= 0.3 is 0 Å². The van der Waals surface area contributed by atoms with Gasteiger partial charge in [0.1, 0.15) is 5.75 Å². The minimum absolute atomic E-state index is 0.410. The highest BCUT2D eigenvalue weighted by atomic mass is 16.3. The van der Waals surface area contributed by atoms with Gasteiger partial charge in [-0.05, 0) is 55.0 Å². The first-order valence-electron chi connectivity index (χ1n) is 8.25. The van der Waals surface area contributed by atoms with Crippen LogP contribution in [0.15, 0.2) is 18.2 Å². The van der Waals surface area contributed by atoms with E-state index in [9.17, 15) is 5.11 Å². The van der Waals surface area contributed by atoms with Gasteiger partial charge in [-0.3, -0.25) is 4.90 Å². The third-order valence-corrected chi connectivity index (χ3v) is 4.90. The lowest BCUT2D eigenvalue weighted by molar-refractivity contribution is 0.155. The SMILES string of the molecule is CCC(CC)CN(CC)C1CCCc2cc(O)ccc21. The fourth-order valence-electron chi connectivity index (χ4n) is 3.51. The molecule has 1 aliphatic carbocycles. The molecule has 1 unspecified atom stereocenters. The van der Waals surface area contributed by atoms with Crippen molar-refractivity contribution in [1.82, 2.24) is 4.90 Å². The van der Waals surface area contributed by atoms with E-state index >= 15 is 0 Å². The van der Waals surface area contributed by atoms with Crippen molar-refractivity contribution in [1.29, 1.82) is 0 Å². The molecule has 0 aliphatic heterocycles. The Balaban J connectivity index is 2.19. The third kappa shape index (κ3) is 3.35. The quantitative estimate of drug-likeness (QED) is 0.824. The van der Waals surface area contributed by atoms with Crippen LogP contribution in [0.3, 0.4) is 0 Å². The molecule has 1 aromatic rings. The number of phenols is 1. The van der Waals surface area contributed by atoms with E-state index in [0.717, 1.165) is 18.9 Å². The first kappa shape index (κ1) is 15.4. The largest absolute Gasteiger partial charge is 0.508 e. The van der Waals surface area contributed by atoms with Crippen LogP contribution in [-0.2, 0) is 6.42 Å². The Labute approximate surface area is 123 Å². The highest BCUT2D eigenvalue weighted by molar-refractivity contribution is 5.38. The number of hydrogen-bond donors (Lipinski definition) is 1. The average Bonchev–Trinajstić information content (AvgIpc) is 2.48. The highest BCUT2D eigenvalue weighted by Gasteiger charge is 2.26. The van der Waals surface area contributed by atoms with Crippen LogP contribution < -0.4 is 0 Å². The summed E-state index contributed by atoms with van der Waals surface area (Å²) in [5.41, 5.74) is 2.80. The summed E-state index contributed by atoms with van der Waals surface area (Å²) in [5.74, 6) is 1.21. The molecule has 20 heavy (non-hydrogen) atoms. The maximum atomic E-state index is 9.68. The zero-order valence-corrected chi connectivity index (χ0v) is 13.2. The molecular formula is C18H29NO. The van der Waals surface area contributed by atoms with Crippen LogP contribution in [0.2, 0.25) is 0 Å². The van der Waals surface area contributed by atoms with E-state index in [-0.39, 0.29) is 0 Å². The van der Waals surface area contributed by atoms with Crippen LogP contribution in [0.1, 0.15) is 63.6 Å². The normalized spacial score (nSPS) is 18.6. The number of phenolic OH excluding ortho intramolecular Hbond substituents is 1. The Morgan fingerprint density at radius 1 is 1.25 bits per heavy atom. The zero-order chi connectivity index (χ0) is 14.5. The van der Waals surface area contributed by atoms with Crippen molar-refractivity contribution in [3.05, 3.63) is 29.3 Å². The van der Waals surface area contributed by atoms with Crippen LogP contribution in [0.4, 0.5) is 0 Å². The first-order chi connectivity index (χ1) is 9.69. The molecule has 0 saturated heterocycles. The minimum atomic E-state index is 0.410. The Bertz CT molecular complexity index is 425. The van der Waals surface area contributed by atoms with Crippen molar-refractivity contribution in [3.63, 3.8) is 0 Å². The van der Waals surface area contributed by atoms with E-state index in [1.807, 2.05) is 12.1 Å². The van der Waals surface area contributed by atoms with E-state index < -0.39 is 0 Å². The van der Waals surface area contributed by atoms with E-state index in [0.29, 0.717) is 11.8 Å². The molecule has 1 aliphatic rings. The van der Waals surface area contributed by atoms with Crippen LogP contribution in [0.5, 0.6) is 5.75 Å². The first-order valence-corrected chi connectivity index (χ1v) is 8.25. The summed E-state index contributed by atoms with van der Waals surface area (Å²) < 4.78 is 0. The Morgan fingerprint density at radius 2 is 2.00 bits per heavy atom. The molecule has 2 rings (SSSR count). The van der Waals surface area contributed by atoms with Gasteiger partial charge in [0.25, 0.3) is 0 Å². The van der Waals surface area contributed by atoms with Crippen molar-refractivity contribution >= 4 is 0 Å². The molecular weight excluding hydrogens is 246 g/mol. The molecule has 0 bridgehead atoms. The molecule has 1 N–H and O–H groups in total. The van der Waals surface area contributed by atoms with Gasteiger partial charge in [-0.25, -0.2) is 0 Å². The highest BCUT2D eigenvalue weighted by Crippen LogP contribution is 2.36. The van der Waals surface area contributed by atoms with Crippen LogP contribution in [0, 0.1) is 5.92 Å². The molecule has 112 valence electrons. The number of aromatic hydroxyl groups is 1. The molecule has 2 nitrogen and oxygen atoms in total. The van der Waals surface area contributed by atoms with Crippen molar-refractivity contribution in [2.75, 3.05) is 13.1 Å². The molecule has 0 amide bonds. The van der Waals surface area contributed by atoms with Crippen LogP contribution in [-0.4, -0.2) is 23.1 Å². The molecule has 0 heterocycles. The summed E-state index contributed by atoms with van der Waals surface area (Å²) in [4.78, 5) is 2.65. The molecule has 0 radical (unpaired) electrons. The zero-order valence-electron chi connectivity index (χ0n) is 13.2. The Morgan fingerprint density at radius 3 is 2.65 bits per heavy atom. The standard InChI is InChI=1S/C18H29NO/c1-4-14(5-2)13-19(6-3)18-9-7-8-15-12-16(20)10-11-17(15)18/h10-12,14,18,20H,4-9,13H2,1-3H3. The lowest BCUT2D eigenvalue weighted by atomic mass is 9.86. The smallest absolute Gasteiger partial charge is 0.115 e. The predicted octanol–water partition coefficient (Wildman–Crippen LogP) is 4.53. The number of fused-ring (bicyclic) bond motifs is 1. The van der Waals surface area contributed by atoms with Crippen molar-refractivity contribution in [2.45, 2.75) is 58.9 Å². The summed E-state index contributed by atoms with van der Waals surface area (Å²) in [5, 5.41) is 9.68. The van der Waals surface area contributed by atoms with E-state index in [1.165, 1.54) is 43.4 Å². The van der Waals surface area contributed by atoms with Crippen molar-refractivity contribution in [3.8, 4) is 5.75 Å². The second-order valence-corrected chi connectivity index (χ2v) is 6.06. The second-order valence-electron chi connectivity index (χ2n) is 6.06. The van der Waals surface area contributed by atoms with E-state index in [4.69, 9.17) is 0 Å². The monoisotopic (exact) mass is 275 g/mol. The molecule has 1 atom stereocenters. The van der Waals surface area contributed by atoms with E-state index in [1.54, 1.807) is 0 Å². The topological polar surface area (TPSA) is 23.5 Å². The Kier molecular flexibility index (Phi) is 5.47. The maximum absolute atomic E-state index is 9.68. The van der Waals surface area contributed by atoms with Gasteiger partial charge in [0, 0.05) is 12.6 Å².